The van der Waals surface area contributed by atoms with Gasteiger partial charge < -0.3 is 10.6 Å². The van der Waals surface area contributed by atoms with Crippen LogP contribution in [-0.4, -0.2) is 21.0 Å². The molecular weight excluding hydrogens is 378 g/mol. The molecule has 5 nitrogen and oxygen atoms in total. The van der Waals surface area contributed by atoms with Gasteiger partial charge in [0, 0.05) is 24.0 Å². The van der Waals surface area contributed by atoms with Gasteiger partial charge in [0.15, 0.2) is 5.82 Å². The zero-order valence-electron chi connectivity index (χ0n) is 16.1. The van der Waals surface area contributed by atoms with Crippen LogP contribution in [0.1, 0.15) is 32.1 Å². The maximum absolute atomic E-state index is 4.88. The molecule has 5 rings (SSSR count). The molecule has 29 heavy (non-hydrogen) atoms. The van der Waals surface area contributed by atoms with E-state index < -0.39 is 0 Å². The molecule has 1 aliphatic carbocycles. The highest BCUT2D eigenvalue weighted by atomic mass is 32.1. The Hall–Kier alpha value is -2.99. The topological polar surface area (TPSA) is 62.7 Å². The molecule has 1 fully saturated rings. The first-order chi connectivity index (χ1) is 14.4. The van der Waals surface area contributed by atoms with Crippen LogP contribution in [0.25, 0.3) is 20.8 Å². The highest BCUT2D eigenvalue weighted by Gasteiger charge is 2.16. The molecular formula is C23H23N5S. The first-order valence-corrected chi connectivity index (χ1v) is 11.0. The molecule has 1 aliphatic rings. The van der Waals surface area contributed by atoms with Crippen molar-refractivity contribution in [3.63, 3.8) is 0 Å². The molecule has 0 saturated heterocycles. The van der Waals surface area contributed by atoms with Gasteiger partial charge in [-0.3, -0.25) is 4.98 Å². The van der Waals surface area contributed by atoms with Crippen LogP contribution in [-0.2, 0) is 0 Å². The van der Waals surface area contributed by atoms with Crippen LogP contribution in [0, 0.1) is 0 Å². The van der Waals surface area contributed by atoms with Crippen LogP contribution in [0.4, 0.5) is 17.2 Å². The summed E-state index contributed by atoms with van der Waals surface area (Å²) in [5, 5.41) is 8.18. The molecule has 0 spiro atoms. The summed E-state index contributed by atoms with van der Waals surface area (Å²) in [7, 11) is 0. The van der Waals surface area contributed by atoms with Crippen LogP contribution >= 0.6 is 11.3 Å². The van der Waals surface area contributed by atoms with Crippen LogP contribution in [0.15, 0.2) is 61.1 Å². The zero-order valence-corrected chi connectivity index (χ0v) is 17.0. The van der Waals surface area contributed by atoms with Gasteiger partial charge in [-0.05, 0) is 25.0 Å². The second kappa shape index (κ2) is 8.17. The first-order valence-electron chi connectivity index (χ1n) is 10.2. The van der Waals surface area contributed by atoms with E-state index in [0.717, 1.165) is 38.0 Å². The lowest BCUT2D eigenvalue weighted by Gasteiger charge is -2.25. The van der Waals surface area contributed by atoms with E-state index in [1.54, 1.807) is 11.3 Å². The van der Waals surface area contributed by atoms with E-state index in [-0.39, 0.29) is 0 Å². The standard InChI is InChI=1S/C23H23N5S/c1-3-7-16(8-4-1)23-28-21-20(29-23)12-14-25-22(21)27-19-15-24-13-11-18(19)26-17-9-5-2-6-10-17/h1,3-4,7-8,11-15,17H,2,5-6,9-10H2,(H,24,26)(H,25,27). The Morgan fingerprint density at radius 1 is 0.897 bits per heavy atom. The fourth-order valence-corrected chi connectivity index (χ4v) is 4.83. The predicted molar refractivity (Wildman–Crippen MR) is 121 cm³/mol. The number of hydrogen-bond acceptors (Lipinski definition) is 6. The van der Waals surface area contributed by atoms with Gasteiger partial charge in [0.25, 0.3) is 0 Å². The Kier molecular flexibility index (Phi) is 5.09. The summed E-state index contributed by atoms with van der Waals surface area (Å²) in [6, 6.07) is 14.9. The van der Waals surface area contributed by atoms with Crippen molar-refractivity contribution in [2.24, 2.45) is 0 Å². The van der Waals surface area contributed by atoms with E-state index in [2.05, 4.69) is 32.7 Å². The van der Waals surface area contributed by atoms with Crippen molar-refractivity contribution in [2.45, 2.75) is 38.1 Å². The SMILES string of the molecule is c1ccc(-c2nc3c(Nc4cnccc4NC4CCCCC4)nccc3s2)cc1. The van der Waals surface area contributed by atoms with Crippen molar-refractivity contribution < 1.29 is 0 Å². The third kappa shape index (κ3) is 3.93. The number of thiazole rings is 1. The van der Waals surface area contributed by atoms with Crippen molar-refractivity contribution in [1.29, 1.82) is 0 Å². The average Bonchev–Trinajstić information content (AvgIpc) is 3.22. The first kappa shape index (κ1) is 18.1. The van der Waals surface area contributed by atoms with Crippen molar-refractivity contribution in [3.8, 4) is 10.6 Å². The number of nitrogens with one attached hydrogen (secondary N) is 2. The molecule has 6 heteroatoms. The Morgan fingerprint density at radius 3 is 2.62 bits per heavy atom. The van der Waals surface area contributed by atoms with E-state index in [9.17, 15) is 0 Å². The fraction of sp³-hybridized carbons (Fsp3) is 0.261. The fourth-order valence-electron chi connectivity index (χ4n) is 3.87. The van der Waals surface area contributed by atoms with Crippen LogP contribution in [0.3, 0.4) is 0 Å². The van der Waals surface area contributed by atoms with Crippen LogP contribution < -0.4 is 10.6 Å². The number of pyridine rings is 2. The van der Waals surface area contributed by atoms with E-state index in [1.807, 2.05) is 48.9 Å². The minimum absolute atomic E-state index is 0.527. The summed E-state index contributed by atoms with van der Waals surface area (Å²) < 4.78 is 1.12. The van der Waals surface area contributed by atoms with Crippen molar-refractivity contribution in [2.75, 3.05) is 10.6 Å². The summed E-state index contributed by atoms with van der Waals surface area (Å²) in [5.74, 6) is 0.764. The monoisotopic (exact) mass is 401 g/mol. The number of rotatable bonds is 5. The van der Waals surface area contributed by atoms with E-state index in [0.29, 0.717) is 6.04 Å². The summed E-state index contributed by atoms with van der Waals surface area (Å²) >= 11 is 1.69. The highest BCUT2D eigenvalue weighted by Crippen LogP contribution is 2.35. The van der Waals surface area contributed by atoms with Crippen LogP contribution in [0.5, 0.6) is 0 Å². The molecule has 1 aromatic carbocycles. The van der Waals surface area contributed by atoms with Crippen molar-refractivity contribution >= 4 is 38.7 Å². The highest BCUT2D eigenvalue weighted by molar-refractivity contribution is 7.21. The Labute approximate surface area is 174 Å². The van der Waals surface area contributed by atoms with Gasteiger partial charge in [0.05, 0.1) is 22.3 Å². The number of aromatic nitrogens is 3. The second-order valence-corrected chi connectivity index (χ2v) is 8.45. The smallest absolute Gasteiger partial charge is 0.157 e. The summed E-state index contributed by atoms with van der Waals surface area (Å²) in [4.78, 5) is 13.8. The summed E-state index contributed by atoms with van der Waals surface area (Å²) in [6.45, 7) is 0. The minimum Gasteiger partial charge on any atom is -0.381 e. The number of benzene rings is 1. The van der Waals surface area contributed by atoms with Gasteiger partial charge >= 0.3 is 0 Å². The number of anilines is 3. The normalized spacial score (nSPS) is 14.8. The van der Waals surface area contributed by atoms with E-state index in [4.69, 9.17) is 4.98 Å². The van der Waals surface area contributed by atoms with Gasteiger partial charge in [-0.15, -0.1) is 11.3 Å². The van der Waals surface area contributed by atoms with E-state index in [1.165, 1.54) is 32.1 Å². The maximum atomic E-state index is 4.88. The average molecular weight is 402 g/mol. The van der Waals surface area contributed by atoms with E-state index >= 15 is 0 Å². The number of hydrogen-bond donors (Lipinski definition) is 2. The maximum Gasteiger partial charge on any atom is 0.157 e. The molecule has 0 bridgehead atoms. The molecule has 0 radical (unpaired) electrons. The molecule has 0 aliphatic heterocycles. The number of fused-ring (bicyclic) bond motifs is 1. The van der Waals surface area contributed by atoms with Crippen LogP contribution in [0.2, 0.25) is 0 Å². The van der Waals surface area contributed by atoms with Gasteiger partial charge in [-0.1, -0.05) is 49.6 Å². The Bertz CT molecular complexity index is 1100. The quantitative estimate of drug-likeness (QED) is 0.414. The third-order valence-electron chi connectivity index (χ3n) is 5.37. The minimum atomic E-state index is 0.527. The molecule has 4 aromatic rings. The summed E-state index contributed by atoms with van der Waals surface area (Å²) in [5.41, 5.74) is 4.03. The van der Waals surface area contributed by atoms with Gasteiger partial charge in [0.1, 0.15) is 10.5 Å². The molecule has 0 amide bonds. The Morgan fingerprint density at radius 2 is 1.76 bits per heavy atom. The molecule has 0 atom stereocenters. The van der Waals surface area contributed by atoms with Crippen molar-refractivity contribution in [1.82, 2.24) is 15.0 Å². The van der Waals surface area contributed by atoms with Crippen molar-refractivity contribution in [3.05, 3.63) is 61.1 Å². The van der Waals surface area contributed by atoms with Gasteiger partial charge in [-0.2, -0.15) is 0 Å². The number of nitrogens with zero attached hydrogens (tertiary/aromatic N) is 3. The summed E-state index contributed by atoms with van der Waals surface area (Å²) in [6.07, 6.45) is 11.9. The zero-order chi connectivity index (χ0) is 19.5. The van der Waals surface area contributed by atoms with Gasteiger partial charge in [0.2, 0.25) is 0 Å². The molecule has 2 N–H and O–H groups in total. The van der Waals surface area contributed by atoms with Gasteiger partial charge in [-0.25, -0.2) is 9.97 Å². The Balaban J connectivity index is 1.45. The largest absolute Gasteiger partial charge is 0.381 e. The molecule has 146 valence electrons. The lowest BCUT2D eigenvalue weighted by Crippen LogP contribution is -2.22. The lowest BCUT2D eigenvalue weighted by molar-refractivity contribution is 0.463. The molecule has 3 aromatic heterocycles. The molecule has 1 saturated carbocycles. The second-order valence-electron chi connectivity index (χ2n) is 7.42. The predicted octanol–water partition coefficient (Wildman–Crippen LogP) is 6.24. The molecule has 3 heterocycles. The third-order valence-corrected chi connectivity index (χ3v) is 6.44. The lowest BCUT2D eigenvalue weighted by atomic mass is 9.95. The molecule has 0 unspecified atom stereocenters.